The highest BCUT2D eigenvalue weighted by atomic mass is 16.5. The molecule has 0 atom stereocenters. The van der Waals surface area contributed by atoms with Crippen molar-refractivity contribution in [3.05, 3.63) is 202 Å². The van der Waals surface area contributed by atoms with Crippen LogP contribution in [0.4, 0.5) is 0 Å². The van der Waals surface area contributed by atoms with Gasteiger partial charge in [0.1, 0.15) is 23.0 Å². The second-order valence-corrected chi connectivity index (χ2v) is 17.0. The average molecular weight is 899 g/mol. The molecule has 68 heavy (non-hydrogen) atoms. The zero-order valence-corrected chi connectivity index (χ0v) is 39.4. The summed E-state index contributed by atoms with van der Waals surface area (Å²) in [6.07, 6.45) is 13.0. The Kier molecular flexibility index (Phi) is 15.6. The lowest BCUT2D eigenvalue weighted by molar-refractivity contribution is 0.0984. The summed E-state index contributed by atoms with van der Waals surface area (Å²) in [5, 5.41) is 4.03. The van der Waals surface area contributed by atoms with E-state index < -0.39 is 0 Å². The van der Waals surface area contributed by atoms with Crippen LogP contribution in [0.5, 0.6) is 23.0 Å². The van der Waals surface area contributed by atoms with Crippen LogP contribution in [-0.4, -0.2) is 39.0 Å². The summed E-state index contributed by atoms with van der Waals surface area (Å²) in [5.74, 6) is 3.09. The maximum atomic E-state index is 14.2. The van der Waals surface area contributed by atoms with E-state index in [1.54, 1.807) is 14.2 Å². The molecule has 0 bridgehead atoms. The first-order chi connectivity index (χ1) is 33.3. The van der Waals surface area contributed by atoms with Crippen LogP contribution in [0.2, 0.25) is 0 Å². The second-order valence-electron chi connectivity index (χ2n) is 17.0. The lowest BCUT2D eigenvalue weighted by atomic mass is 9.83. The largest absolute Gasteiger partial charge is 0.497 e. The first-order valence-corrected chi connectivity index (χ1v) is 23.6. The van der Waals surface area contributed by atoms with Gasteiger partial charge in [0, 0.05) is 24.0 Å². The molecule has 0 N–H and O–H groups in total. The van der Waals surface area contributed by atoms with Crippen molar-refractivity contribution in [2.24, 2.45) is 0 Å². The molecule has 0 radical (unpaired) electrons. The van der Waals surface area contributed by atoms with Crippen molar-refractivity contribution in [3.63, 3.8) is 0 Å². The minimum atomic E-state index is -0.0151. The van der Waals surface area contributed by atoms with Crippen LogP contribution in [-0.2, 0) is 12.8 Å². The number of methoxy groups -OCH3 is 2. The Morgan fingerprint density at radius 1 is 0.412 bits per heavy atom. The Morgan fingerprint density at radius 2 is 0.765 bits per heavy atom. The molecular weight excluding hydrogens is 841 g/mol. The minimum Gasteiger partial charge on any atom is -0.497 e. The second kappa shape index (κ2) is 22.7. The van der Waals surface area contributed by atoms with Gasteiger partial charge < -0.3 is 18.9 Å². The third-order valence-electron chi connectivity index (χ3n) is 12.3. The quantitative estimate of drug-likeness (QED) is 0.0406. The molecule has 6 nitrogen and oxygen atoms in total. The smallest absolute Gasteiger partial charge is 0.167 e. The Labute approximate surface area is 400 Å². The van der Waals surface area contributed by atoms with Gasteiger partial charge in [-0.3, -0.25) is 9.59 Å². The van der Waals surface area contributed by atoms with E-state index in [4.69, 9.17) is 18.9 Å². The van der Waals surface area contributed by atoms with Crippen molar-refractivity contribution in [1.82, 2.24) is 0 Å². The van der Waals surface area contributed by atoms with E-state index in [1.165, 1.54) is 0 Å². The number of ether oxygens (including phenoxy) is 4. The van der Waals surface area contributed by atoms with Gasteiger partial charge in [-0.05, 0) is 164 Å². The molecule has 0 aliphatic carbocycles. The molecule has 0 heterocycles. The summed E-state index contributed by atoms with van der Waals surface area (Å²) in [5.41, 5.74) is 9.04. The molecule has 0 fully saturated rings. The number of hydrogen-bond acceptors (Lipinski definition) is 6. The highest BCUT2D eigenvalue weighted by Gasteiger charge is 2.22. The molecule has 8 aromatic rings. The fraction of sp³-hybridized carbons (Fsp3) is 0.194. The number of carbonyl (C=O) groups is 2. The van der Waals surface area contributed by atoms with Gasteiger partial charge in [0.15, 0.2) is 11.6 Å². The summed E-state index contributed by atoms with van der Waals surface area (Å²) in [6.45, 7) is 5.74. The number of rotatable bonds is 21. The van der Waals surface area contributed by atoms with Gasteiger partial charge in [-0.1, -0.05) is 124 Å². The van der Waals surface area contributed by atoms with Crippen LogP contribution < -0.4 is 18.9 Å². The number of fused-ring (bicyclic) bond motifs is 2. The summed E-state index contributed by atoms with van der Waals surface area (Å²) in [6, 6.07) is 52.2. The van der Waals surface area contributed by atoms with Crippen LogP contribution in [0.1, 0.15) is 93.6 Å². The van der Waals surface area contributed by atoms with E-state index in [1.807, 2.05) is 72.8 Å². The van der Waals surface area contributed by atoms with Crippen molar-refractivity contribution >= 4 is 57.4 Å². The van der Waals surface area contributed by atoms with E-state index in [-0.39, 0.29) is 24.4 Å². The molecule has 0 saturated heterocycles. The molecule has 0 aliphatic rings. The molecule has 0 spiro atoms. The topological polar surface area (TPSA) is 71.1 Å². The van der Waals surface area contributed by atoms with Crippen LogP contribution in [0.3, 0.4) is 0 Å². The predicted molar refractivity (Wildman–Crippen MR) is 280 cm³/mol. The van der Waals surface area contributed by atoms with Gasteiger partial charge in [0.05, 0.1) is 27.4 Å². The van der Waals surface area contributed by atoms with Gasteiger partial charge in [-0.15, -0.1) is 0 Å². The maximum Gasteiger partial charge on any atom is 0.167 e. The fourth-order valence-electron chi connectivity index (χ4n) is 8.39. The van der Waals surface area contributed by atoms with Gasteiger partial charge in [-0.2, -0.15) is 0 Å². The lowest BCUT2D eigenvalue weighted by Crippen LogP contribution is -2.08. The number of unbranched alkanes of at least 4 members (excludes halogenated alkanes) is 2. The molecule has 0 amide bonds. The lowest BCUT2D eigenvalue weighted by Gasteiger charge is -2.20. The third-order valence-corrected chi connectivity index (χ3v) is 12.3. The van der Waals surface area contributed by atoms with Gasteiger partial charge in [0.2, 0.25) is 0 Å². The number of carbonyl (C=O) groups excluding carboxylic acids is 2. The Balaban J connectivity index is 1.22. The van der Waals surface area contributed by atoms with Crippen molar-refractivity contribution in [2.45, 2.75) is 52.4 Å². The molecule has 0 aromatic heterocycles. The average Bonchev–Trinajstić information content (AvgIpc) is 3.38. The number of benzene rings is 8. The molecule has 8 aromatic carbocycles. The Hall–Kier alpha value is -7.70. The number of Topliss-reactive ketones (excluding diaryl/α,β-unsaturated/α-hetero) is 2. The predicted octanol–water partition coefficient (Wildman–Crippen LogP) is 15.2. The van der Waals surface area contributed by atoms with Crippen LogP contribution in [0, 0.1) is 0 Å². The summed E-state index contributed by atoms with van der Waals surface area (Å²) < 4.78 is 22.6. The van der Waals surface area contributed by atoms with Gasteiger partial charge in [-0.25, -0.2) is 0 Å². The monoisotopic (exact) mass is 898 g/mol. The zero-order chi connectivity index (χ0) is 47.2. The van der Waals surface area contributed by atoms with E-state index >= 15 is 0 Å². The van der Waals surface area contributed by atoms with Crippen molar-refractivity contribution < 1.29 is 28.5 Å². The Morgan fingerprint density at radius 3 is 1.13 bits per heavy atom. The van der Waals surface area contributed by atoms with Crippen LogP contribution in [0.25, 0.3) is 57.0 Å². The highest BCUT2D eigenvalue weighted by molar-refractivity contribution is 6.11. The maximum absolute atomic E-state index is 14.2. The fourth-order valence-corrected chi connectivity index (χ4v) is 8.39. The summed E-state index contributed by atoms with van der Waals surface area (Å²) in [7, 11) is 3.23. The first-order valence-electron chi connectivity index (χ1n) is 23.6. The van der Waals surface area contributed by atoms with Crippen molar-refractivity contribution in [1.29, 1.82) is 0 Å². The van der Waals surface area contributed by atoms with Gasteiger partial charge in [0.25, 0.3) is 0 Å². The van der Waals surface area contributed by atoms with Crippen LogP contribution >= 0.6 is 0 Å². The van der Waals surface area contributed by atoms with Crippen molar-refractivity contribution in [3.8, 4) is 34.1 Å². The minimum absolute atomic E-state index is 0.0151. The number of hydrogen-bond donors (Lipinski definition) is 0. The van der Waals surface area contributed by atoms with Crippen LogP contribution in [0.15, 0.2) is 158 Å². The molecule has 0 aliphatic heterocycles. The SMILES string of the molecule is CCCCOc1ccc(/C=C\c2ccc3c(-c4c(CC(=O)c5ccc(OC)cc5)ccc5cc(/C=C\c6ccc(OCCCC)cc6)ccc45)c(CC(=O)c4ccc(OC)cc4)ccc3c2)cc1. The highest BCUT2D eigenvalue weighted by Crippen LogP contribution is 2.41. The normalized spacial score (nSPS) is 11.4. The molecule has 6 heteroatoms. The summed E-state index contributed by atoms with van der Waals surface area (Å²) in [4.78, 5) is 28.5. The molecule has 342 valence electrons. The zero-order valence-electron chi connectivity index (χ0n) is 39.4. The standard InChI is InChI=1S/C62H58O6/c1-5-7-37-67-55-27-13-43(14-28-55)9-11-45-17-35-57-49(39-45)19-21-51(41-59(63)47-23-31-53(65-3)32-24-47)61(57)62-52(42-60(64)48-25-33-54(66-4)34-26-48)22-20-50-40-46(18-36-58(50)62)12-10-44-15-29-56(30-16-44)68-38-8-6-2/h9-36,39-40H,5-8,37-38,41-42H2,1-4H3/b11-9-,12-10-. The van der Waals surface area contributed by atoms with Crippen molar-refractivity contribution in [2.75, 3.05) is 27.4 Å². The first kappa shape index (κ1) is 46.8. The van der Waals surface area contributed by atoms with E-state index in [0.717, 1.165) is 103 Å². The van der Waals surface area contributed by atoms with E-state index in [9.17, 15) is 9.59 Å². The van der Waals surface area contributed by atoms with Gasteiger partial charge >= 0.3 is 0 Å². The molecule has 0 unspecified atom stereocenters. The Bertz CT molecular complexity index is 2840. The molecule has 8 rings (SSSR count). The molecular formula is C62H58O6. The third kappa shape index (κ3) is 11.6. The van der Waals surface area contributed by atoms with E-state index in [0.29, 0.717) is 35.8 Å². The number of ketones is 2. The summed E-state index contributed by atoms with van der Waals surface area (Å²) >= 11 is 0. The molecule has 0 saturated carbocycles. The van der Waals surface area contributed by atoms with E-state index in [2.05, 4.69) is 123 Å².